The topological polar surface area (TPSA) is 38.3 Å². The van der Waals surface area contributed by atoms with Crippen LogP contribution in [0.15, 0.2) is 48.5 Å². The number of benzene rings is 2. The molecule has 1 fully saturated rings. The summed E-state index contributed by atoms with van der Waals surface area (Å²) in [7, 11) is 0. The highest BCUT2D eigenvalue weighted by atomic mass is 19.1. The van der Waals surface area contributed by atoms with Crippen LogP contribution in [-0.4, -0.2) is 12.0 Å². The Morgan fingerprint density at radius 2 is 1.79 bits per heavy atom. The molecule has 3 nitrogen and oxygen atoms in total. The van der Waals surface area contributed by atoms with Gasteiger partial charge in [-0.3, -0.25) is 4.79 Å². The van der Waals surface area contributed by atoms with Gasteiger partial charge in [0.2, 0.25) is 5.91 Å². The van der Waals surface area contributed by atoms with Crippen LogP contribution < -0.4 is 10.1 Å². The van der Waals surface area contributed by atoms with Crippen LogP contribution in [0.2, 0.25) is 0 Å². The molecular formula is C20H22FNO2. The van der Waals surface area contributed by atoms with Crippen molar-refractivity contribution >= 4 is 11.6 Å². The number of rotatable bonds is 5. The Labute approximate surface area is 141 Å². The highest BCUT2D eigenvalue weighted by molar-refractivity contribution is 6.00. The first kappa shape index (κ1) is 16.5. The average molecular weight is 327 g/mol. The molecule has 0 bridgehead atoms. The molecule has 0 atom stereocenters. The molecule has 1 saturated carbocycles. The lowest BCUT2D eigenvalue weighted by Crippen LogP contribution is -2.46. The number of hydrogen-bond acceptors (Lipinski definition) is 2. The predicted octanol–water partition coefficient (Wildman–Crippen LogP) is 4.67. The number of amides is 1. The Hall–Kier alpha value is -2.36. The van der Waals surface area contributed by atoms with E-state index in [0.29, 0.717) is 29.8 Å². The summed E-state index contributed by atoms with van der Waals surface area (Å²) in [4.78, 5) is 13.0. The second-order valence-corrected chi connectivity index (χ2v) is 6.53. The molecular weight excluding hydrogens is 305 g/mol. The van der Waals surface area contributed by atoms with Crippen molar-refractivity contribution < 1.29 is 13.9 Å². The number of anilines is 1. The van der Waals surface area contributed by atoms with Crippen molar-refractivity contribution in [3.05, 3.63) is 59.9 Å². The molecule has 1 amide bonds. The van der Waals surface area contributed by atoms with Gasteiger partial charge >= 0.3 is 0 Å². The molecule has 0 saturated heterocycles. The molecule has 2 aromatic rings. The van der Waals surface area contributed by atoms with Crippen LogP contribution in [0.25, 0.3) is 0 Å². The van der Waals surface area contributed by atoms with Crippen LogP contribution in [0.1, 0.15) is 38.7 Å². The third-order valence-electron chi connectivity index (χ3n) is 4.53. The van der Waals surface area contributed by atoms with E-state index in [4.69, 9.17) is 4.74 Å². The van der Waals surface area contributed by atoms with Crippen LogP contribution in [0.3, 0.4) is 0 Å². The van der Waals surface area contributed by atoms with E-state index in [1.807, 2.05) is 38.1 Å². The summed E-state index contributed by atoms with van der Waals surface area (Å²) in [6, 6.07) is 13.9. The van der Waals surface area contributed by atoms with Gasteiger partial charge in [0, 0.05) is 5.56 Å². The highest BCUT2D eigenvalue weighted by Gasteiger charge is 2.47. The molecule has 0 radical (unpaired) electrons. The van der Waals surface area contributed by atoms with Gasteiger partial charge < -0.3 is 10.1 Å². The molecule has 0 heterocycles. The van der Waals surface area contributed by atoms with E-state index in [-0.39, 0.29) is 17.8 Å². The zero-order valence-corrected chi connectivity index (χ0v) is 14.0. The summed E-state index contributed by atoms with van der Waals surface area (Å²) in [5, 5.41) is 2.95. The lowest BCUT2D eigenvalue weighted by Gasteiger charge is -2.40. The monoisotopic (exact) mass is 327 g/mol. The smallest absolute Gasteiger partial charge is 0.235 e. The standard InChI is InChI=1S/C20H22FNO2/c1-14(2)24-18-11-6-5-10-17(18)22-19(23)20(12-7-13-20)15-8-3-4-9-16(15)21/h3-6,8-11,14H,7,12-13H2,1-2H3,(H,22,23). The first-order valence-corrected chi connectivity index (χ1v) is 8.35. The summed E-state index contributed by atoms with van der Waals surface area (Å²) in [5.74, 6) is 0.140. The molecule has 1 aliphatic carbocycles. The Balaban J connectivity index is 1.88. The number of carbonyl (C=O) groups is 1. The summed E-state index contributed by atoms with van der Waals surface area (Å²) in [6.45, 7) is 3.87. The summed E-state index contributed by atoms with van der Waals surface area (Å²) in [6.07, 6.45) is 2.25. The fourth-order valence-corrected chi connectivity index (χ4v) is 3.17. The Morgan fingerprint density at radius 1 is 1.12 bits per heavy atom. The third kappa shape index (κ3) is 3.01. The maximum absolute atomic E-state index is 14.3. The zero-order chi connectivity index (χ0) is 17.2. The van der Waals surface area contributed by atoms with Gasteiger partial charge in [0.15, 0.2) is 0 Å². The maximum atomic E-state index is 14.3. The third-order valence-corrected chi connectivity index (χ3v) is 4.53. The van der Waals surface area contributed by atoms with E-state index in [1.54, 1.807) is 18.2 Å². The second-order valence-electron chi connectivity index (χ2n) is 6.53. The molecule has 1 N–H and O–H groups in total. The summed E-state index contributed by atoms with van der Waals surface area (Å²) >= 11 is 0. The molecule has 126 valence electrons. The fourth-order valence-electron chi connectivity index (χ4n) is 3.17. The average Bonchev–Trinajstić information content (AvgIpc) is 2.49. The van der Waals surface area contributed by atoms with Crippen molar-refractivity contribution in [2.24, 2.45) is 0 Å². The van der Waals surface area contributed by atoms with Crippen LogP contribution in [0.4, 0.5) is 10.1 Å². The molecule has 4 heteroatoms. The Kier molecular flexibility index (Phi) is 4.56. The van der Waals surface area contributed by atoms with Crippen molar-refractivity contribution in [2.75, 3.05) is 5.32 Å². The number of para-hydroxylation sites is 2. The minimum absolute atomic E-state index is 0.00674. The first-order valence-electron chi connectivity index (χ1n) is 8.35. The normalized spacial score (nSPS) is 15.7. The molecule has 0 spiro atoms. The molecule has 24 heavy (non-hydrogen) atoms. The van der Waals surface area contributed by atoms with Crippen LogP contribution in [-0.2, 0) is 10.2 Å². The number of nitrogens with one attached hydrogen (secondary N) is 1. The zero-order valence-electron chi connectivity index (χ0n) is 14.0. The molecule has 0 aliphatic heterocycles. The molecule has 3 rings (SSSR count). The van der Waals surface area contributed by atoms with Crippen molar-refractivity contribution in [2.45, 2.75) is 44.6 Å². The minimum atomic E-state index is -0.781. The Bertz CT molecular complexity index is 738. The number of hydrogen-bond donors (Lipinski definition) is 1. The van der Waals surface area contributed by atoms with Gasteiger partial charge in [0.1, 0.15) is 11.6 Å². The van der Waals surface area contributed by atoms with E-state index >= 15 is 0 Å². The molecule has 2 aromatic carbocycles. The van der Waals surface area contributed by atoms with E-state index < -0.39 is 5.41 Å². The van der Waals surface area contributed by atoms with E-state index in [1.165, 1.54) is 6.07 Å². The molecule has 1 aliphatic rings. The van der Waals surface area contributed by atoms with E-state index in [9.17, 15) is 9.18 Å². The van der Waals surface area contributed by atoms with Gasteiger partial charge in [0.25, 0.3) is 0 Å². The van der Waals surface area contributed by atoms with Gasteiger partial charge in [0.05, 0.1) is 17.2 Å². The van der Waals surface area contributed by atoms with Crippen LogP contribution >= 0.6 is 0 Å². The van der Waals surface area contributed by atoms with Gasteiger partial charge in [-0.15, -0.1) is 0 Å². The predicted molar refractivity (Wildman–Crippen MR) is 92.8 cm³/mol. The van der Waals surface area contributed by atoms with Gasteiger partial charge in [-0.05, 0) is 44.9 Å². The number of ether oxygens (including phenoxy) is 1. The fraction of sp³-hybridized carbons (Fsp3) is 0.350. The highest BCUT2D eigenvalue weighted by Crippen LogP contribution is 2.46. The maximum Gasteiger partial charge on any atom is 0.235 e. The molecule has 0 unspecified atom stereocenters. The SMILES string of the molecule is CC(C)Oc1ccccc1NC(=O)C1(c2ccccc2F)CCC1. The van der Waals surface area contributed by atoms with E-state index in [0.717, 1.165) is 6.42 Å². The lowest BCUT2D eigenvalue weighted by atomic mass is 9.63. The number of halogens is 1. The quantitative estimate of drug-likeness (QED) is 0.866. The van der Waals surface area contributed by atoms with Crippen molar-refractivity contribution in [1.82, 2.24) is 0 Å². The number of carbonyl (C=O) groups excluding carboxylic acids is 1. The van der Waals surface area contributed by atoms with Crippen molar-refractivity contribution in [3.8, 4) is 5.75 Å². The summed E-state index contributed by atoms with van der Waals surface area (Å²) in [5.41, 5.74) is 0.325. The van der Waals surface area contributed by atoms with Gasteiger partial charge in [-0.2, -0.15) is 0 Å². The Morgan fingerprint density at radius 3 is 2.42 bits per heavy atom. The van der Waals surface area contributed by atoms with Crippen molar-refractivity contribution in [3.63, 3.8) is 0 Å². The van der Waals surface area contributed by atoms with Gasteiger partial charge in [-0.1, -0.05) is 36.8 Å². The van der Waals surface area contributed by atoms with Crippen LogP contribution in [0.5, 0.6) is 5.75 Å². The largest absolute Gasteiger partial charge is 0.489 e. The molecule has 0 aromatic heterocycles. The van der Waals surface area contributed by atoms with Gasteiger partial charge in [-0.25, -0.2) is 4.39 Å². The minimum Gasteiger partial charge on any atom is -0.489 e. The van der Waals surface area contributed by atoms with Crippen LogP contribution in [0, 0.1) is 5.82 Å². The van der Waals surface area contributed by atoms with E-state index in [2.05, 4.69) is 5.32 Å². The summed E-state index contributed by atoms with van der Waals surface area (Å²) < 4.78 is 20.0. The second kappa shape index (κ2) is 6.63. The van der Waals surface area contributed by atoms with Crippen molar-refractivity contribution in [1.29, 1.82) is 0 Å². The lowest BCUT2D eigenvalue weighted by molar-refractivity contribution is -0.124. The first-order chi connectivity index (χ1) is 11.5.